The number of amides is 1. The molecule has 1 amide bonds. The molecule has 0 saturated heterocycles. The molecule has 3 N–H and O–H groups in total. The molecule has 0 aliphatic rings. The topological polar surface area (TPSA) is 129 Å². The number of pyridine rings is 1. The number of aromatic nitrogens is 1. The van der Waals surface area contributed by atoms with Gasteiger partial charge in [0.05, 0.1) is 22.6 Å². The quantitative estimate of drug-likeness (QED) is 0.588. The van der Waals surface area contributed by atoms with Crippen LogP contribution in [0.4, 0.5) is 11.5 Å². The van der Waals surface area contributed by atoms with Gasteiger partial charge in [0.2, 0.25) is 5.91 Å². The third kappa shape index (κ3) is 4.14. The van der Waals surface area contributed by atoms with E-state index < -0.39 is 5.25 Å². The predicted molar refractivity (Wildman–Crippen MR) is 116 cm³/mol. The highest BCUT2D eigenvalue weighted by Crippen LogP contribution is 2.37. The monoisotopic (exact) mass is 417 g/mol. The molecule has 0 aliphatic carbocycles. The lowest BCUT2D eigenvalue weighted by molar-refractivity contribution is -0.115. The number of nitrogens with two attached hydrogens (primary N) is 1. The maximum absolute atomic E-state index is 12.7. The SMILES string of the molecule is Cc1ccc(NC(=O)C(C)Sc2nc(N)c(C#N)c(-c3ccco3)c2C#N)c(C)c1. The molecular weight excluding hydrogens is 398 g/mol. The zero-order chi connectivity index (χ0) is 21.8. The van der Waals surface area contributed by atoms with Crippen LogP contribution in [-0.2, 0) is 4.79 Å². The van der Waals surface area contributed by atoms with E-state index in [1.165, 1.54) is 6.26 Å². The summed E-state index contributed by atoms with van der Waals surface area (Å²) in [6, 6.07) is 13.1. The van der Waals surface area contributed by atoms with E-state index in [-0.39, 0.29) is 33.4 Å². The number of benzene rings is 1. The highest BCUT2D eigenvalue weighted by Gasteiger charge is 2.25. The molecule has 0 saturated carbocycles. The number of hydrogen-bond acceptors (Lipinski definition) is 7. The number of aryl methyl sites for hydroxylation is 2. The molecule has 3 rings (SSSR count). The molecule has 0 bridgehead atoms. The molecule has 8 heteroatoms. The zero-order valence-electron chi connectivity index (χ0n) is 16.7. The van der Waals surface area contributed by atoms with Crippen molar-refractivity contribution >= 4 is 29.2 Å². The molecule has 0 aliphatic heterocycles. The number of nitrogens with one attached hydrogen (secondary N) is 1. The first-order valence-electron chi connectivity index (χ1n) is 9.08. The highest BCUT2D eigenvalue weighted by atomic mass is 32.2. The van der Waals surface area contributed by atoms with Crippen molar-refractivity contribution in [2.24, 2.45) is 0 Å². The molecule has 2 aromatic heterocycles. The standard InChI is InChI=1S/C22H19N5O2S/c1-12-6-7-17(13(2)9-12)26-21(28)14(3)30-22-16(11-24)19(18-5-4-8-29-18)15(10-23)20(25)27-22/h4-9,14H,1-3H3,(H2,25,27)(H,26,28). The summed E-state index contributed by atoms with van der Waals surface area (Å²) < 4.78 is 5.39. The average Bonchev–Trinajstić information content (AvgIpc) is 3.24. The maximum Gasteiger partial charge on any atom is 0.237 e. The summed E-state index contributed by atoms with van der Waals surface area (Å²) in [6.45, 7) is 5.62. The second kappa shape index (κ2) is 8.73. The molecule has 0 spiro atoms. The predicted octanol–water partition coefficient (Wildman–Crippen LogP) is 4.40. The van der Waals surface area contributed by atoms with Crippen LogP contribution in [0, 0.1) is 36.5 Å². The third-order valence-electron chi connectivity index (χ3n) is 4.48. The van der Waals surface area contributed by atoms with Gasteiger partial charge in [0.1, 0.15) is 34.3 Å². The summed E-state index contributed by atoms with van der Waals surface area (Å²) in [5.74, 6) is 0.0824. The van der Waals surface area contributed by atoms with Crippen LogP contribution in [0.5, 0.6) is 0 Å². The fourth-order valence-corrected chi connectivity index (χ4v) is 3.88. The first kappa shape index (κ1) is 21.0. The number of nitrogens with zero attached hydrogens (tertiary/aromatic N) is 3. The Morgan fingerprint density at radius 3 is 2.57 bits per heavy atom. The zero-order valence-corrected chi connectivity index (χ0v) is 17.5. The number of hydrogen-bond donors (Lipinski definition) is 2. The maximum atomic E-state index is 12.7. The number of carbonyl (C=O) groups excluding carboxylic acids is 1. The number of nitriles is 2. The minimum absolute atomic E-state index is 0.0209. The third-order valence-corrected chi connectivity index (χ3v) is 5.57. The summed E-state index contributed by atoms with van der Waals surface area (Å²) in [5.41, 5.74) is 9.25. The van der Waals surface area contributed by atoms with E-state index in [2.05, 4.69) is 16.4 Å². The number of thioether (sulfide) groups is 1. The van der Waals surface area contributed by atoms with Crippen LogP contribution < -0.4 is 11.1 Å². The van der Waals surface area contributed by atoms with Crippen LogP contribution in [0.15, 0.2) is 46.0 Å². The fraction of sp³-hybridized carbons (Fsp3) is 0.182. The van der Waals surface area contributed by atoms with Crippen molar-refractivity contribution in [1.29, 1.82) is 10.5 Å². The van der Waals surface area contributed by atoms with Gasteiger partial charge in [-0.1, -0.05) is 29.5 Å². The van der Waals surface area contributed by atoms with Crippen LogP contribution in [0.2, 0.25) is 0 Å². The Morgan fingerprint density at radius 2 is 1.97 bits per heavy atom. The van der Waals surface area contributed by atoms with Crippen molar-refractivity contribution in [2.75, 3.05) is 11.1 Å². The Balaban J connectivity index is 1.93. The van der Waals surface area contributed by atoms with E-state index in [1.54, 1.807) is 19.1 Å². The van der Waals surface area contributed by atoms with Gasteiger partial charge in [0.25, 0.3) is 0 Å². The van der Waals surface area contributed by atoms with E-state index in [4.69, 9.17) is 10.2 Å². The van der Waals surface area contributed by atoms with Crippen LogP contribution in [-0.4, -0.2) is 16.1 Å². The van der Waals surface area contributed by atoms with E-state index in [9.17, 15) is 15.3 Å². The molecule has 150 valence electrons. The van der Waals surface area contributed by atoms with Gasteiger partial charge >= 0.3 is 0 Å². The summed E-state index contributed by atoms with van der Waals surface area (Å²) in [4.78, 5) is 16.9. The molecule has 30 heavy (non-hydrogen) atoms. The Labute approximate surface area is 178 Å². The molecule has 0 radical (unpaired) electrons. The molecule has 1 aromatic carbocycles. The van der Waals surface area contributed by atoms with E-state index in [1.807, 2.05) is 38.1 Å². The van der Waals surface area contributed by atoms with Gasteiger partial charge in [-0.3, -0.25) is 4.79 Å². The Morgan fingerprint density at radius 1 is 1.23 bits per heavy atom. The lowest BCUT2D eigenvalue weighted by Crippen LogP contribution is -2.23. The van der Waals surface area contributed by atoms with Crippen LogP contribution >= 0.6 is 11.8 Å². The Kier molecular flexibility index (Phi) is 6.10. The van der Waals surface area contributed by atoms with Crippen molar-refractivity contribution in [2.45, 2.75) is 31.0 Å². The number of furan rings is 1. The molecular formula is C22H19N5O2S. The molecule has 2 heterocycles. The highest BCUT2D eigenvalue weighted by molar-refractivity contribution is 8.00. The largest absolute Gasteiger partial charge is 0.464 e. The van der Waals surface area contributed by atoms with Crippen LogP contribution in [0.1, 0.15) is 29.2 Å². The van der Waals surface area contributed by atoms with Gasteiger partial charge in [-0.05, 0) is 44.5 Å². The van der Waals surface area contributed by atoms with Gasteiger partial charge in [-0.2, -0.15) is 10.5 Å². The van der Waals surface area contributed by atoms with Crippen molar-refractivity contribution in [3.8, 4) is 23.5 Å². The number of anilines is 2. The smallest absolute Gasteiger partial charge is 0.237 e. The summed E-state index contributed by atoms with van der Waals surface area (Å²) in [6.07, 6.45) is 1.45. The summed E-state index contributed by atoms with van der Waals surface area (Å²) in [5, 5.41) is 21.9. The fourth-order valence-electron chi connectivity index (χ4n) is 2.96. The number of rotatable bonds is 5. The van der Waals surface area contributed by atoms with Crippen molar-refractivity contribution < 1.29 is 9.21 Å². The van der Waals surface area contributed by atoms with Gasteiger partial charge in [-0.25, -0.2) is 4.98 Å². The molecule has 3 aromatic rings. The average molecular weight is 417 g/mol. The number of carbonyl (C=O) groups is 1. The number of nitrogen functional groups attached to an aromatic ring is 1. The summed E-state index contributed by atoms with van der Waals surface area (Å²) >= 11 is 1.10. The van der Waals surface area contributed by atoms with Crippen molar-refractivity contribution in [1.82, 2.24) is 4.98 Å². The first-order chi connectivity index (χ1) is 14.3. The van der Waals surface area contributed by atoms with Gasteiger partial charge in [0, 0.05) is 5.69 Å². The molecule has 1 atom stereocenters. The van der Waals surface area contributed by atoms with E-state index in [0.717, 1.165) is 28.6 Å². The van der Waals surface area contributed by atoms with Gasteiger partial charge < -0.3 is 15.5 Å². The van der Waals surface area contributed by atoms with E-state index >= 15 is 0 Å². The summed E-state index contributed by atoms with van der Waals surface area (Å²) in [7, 11) is 0. The van der Waals surface area contributed by atoms with Crippen molar-refractivity contribution in [3.63, 3.8) is 0 Å². The Hall–Kier alpha value is -3.75. The minimum atomic E-state index is -0.568. The van der Waals surface area contributed by atoms with E-state index in [0.29, 0.717) is 5.76 Å². The normalized spacial score (nSPS) is 11.4. The molecule has 1 unspecified atom stereocenters. The molecule has 0 fully saturated rings. The Bertz CT molecular complexity index is 1190. The first-order valence-corrected chi connectivity index (χ1v) is 9.96. The van der Waals surface area contributed by atoms with Gasteiger partial charge in [-0.15, -0.1) is 0 Å². The second-order valence-electron chi connectivity index (χ2n) is 6.70. The van der Waals surface area contributed by atoms with Crippen LogP contribution in [0.3, 0.4) is 0 Å². The lowest BCUT2D eigenvalue weighted by atomic mass is 10.0. The minimum Gasteiger partial charge on any atom is -0.464 e. The molecule has 7 nitrogen and oxygen atoms in total. The lowest BCUT2D eigenvalue weighted by Gasteiger charge is -2.16. The van der Waals surface area contributed by atoms with Crippen molar-refractivity contribution in [3.05, 3.63) is 58.8 Å². The van der Waals surface area contributed by atoms with Crippen LogP contribution in [0.25, 0.3) is 11.3 Å². The van der Waals surface area contributed by atoms with Gasteiger partial charge in [0.15, 0.2) is 0 Å². The second-order valence-corrected chi connectivity index (χ2v) is 8.03.